The lowest BCUT2D eigenvalue weighted by atomic mass is 10.1. The fraction of sp³-hybridized carbons (Fsp3) is 0.238. The van der Waals surface area contributed by atoms with E-state index in [1.807, 2.05) is 0 Å². The molecule has 0 radical (unpaired) electrons. The van der Waals surface area contributed by atoms with E-state index in [2.05, 4.69) is 26.3 Å². The summed E-state index contributed by atoms with van der Waals surface area (Å²) in [6, 6.07) is 13.6. The summed E-state index contributed by atoms with van der Waals surface area (Å²) in [7, 11) is -7.66. The Morgan fingerprint density at radius 3 is 1.97 bits per heavy atom. The number of anilines is 2. The van der Waals surface area contributed by atoms with Crippen molar-refractivity contribution in [1.82, 2.24) is 9.97 Å². The summed E-state index contributed by atoms with van der Waals surface area (Å²) in [4.78, 5) is 8.06. The molecule has 2 N–H and O–H groups in total. The van der Waals surface area contributed by atoms with Gasteiger partial charge in [-0.2, -0.15) is 0 Å². The monoisotopic (exact) mass is 460 g/mol. The third kappa shape index (κ3) is 6.02. The number of sulfonamides is 2. The zero-order valence-corrected chi connectivity index (χ0v) is 18.9. The summed E-state index contributed by atoms with van der Waals surface area (Å²) in [5.41, 5.74) is 1.34. The second kappa shape index (κ2) is 9.44. The summed E-state index contributed by atoms with van der Waals surface area (Å²) < 4.78 is 55.1. The fourth-order valence-corrected chi connectivity index (χ4v) is 4.90. The van der Waals surface area contributed by atoms with Gasteiger partial charge in [-0.3, -0.25) is 9.44 Å². The van der Waals surface area contributed by atoms with E-state index in [0.29, 0.717) is 5.82 Å². The van der Waals surface area contributed by atoms with E-state index in [9.17, 15) is 16.8 Å². The van der Waals surface area contributed by atoms with Crippen LogP contribution in [0.15, 0.2) is 70.6 Å². The van der Waals surface area contributed by atoms with Gasteiger partial charge in [0.25, 0.3) is 20.0 Å². The first-order chi connectivity index (χ1) is 14.7. The number of aromatic nitrogens is 2. The fourth-order valence-electron chi connectivity index (χ4n) is 2.84. The molecule has 0 saturated heterocycles. The largest absolute Gasteiger partial charge is 0.280 e. The highest BCUT2D eigenvalue weighted by Gasteiger charge is 2.17. The first-order valence-electron chi connectivity index (χ1n) is 9.74. The molecule has 0 bridgehead atoms. The second-order valence-electron chi connectivity index (χ2n) is 6.97. The van der Waals surface area contributed by atoms with Gasteiger partial charge in [0, 0.05) is 11.9 Å². The number of hydrogen-bond donors (Lipinski definition) is 2. The minimum absolute atomic E-state index is 0.0213. The molecule has 3 aromatic rings. The van der Waals surface area contributed by atoms with Crippen LogP contribution < -0.4 is 9.44 Å². The number of hydrogen-bond acceptors (Lipinski definition) is 6. The van der Waals surface area contributed by atoms with Gasteiger partial charge in [-0.25, -0.2) is 26.8 Å². The van der Waals surface area contributed by atoms with Crippen molar-refractivity contribution in [3.8, 4) is 0 Å². The zero-order valence-electron chi connectivity index (χ0n) is 17.2. The quantitative estimate of drug-likeness (QED) is 0.502. The second-order valence-corrected chi connectivity index (χ2v) is 10.3. The summed E-state index contributed by atoms with van der Waals surface area (Å²) in [5, 5.41) is 0. The molecule has 0 atom stereocenters. The summed E-state index contributed by atoms with van der Waals surface area (Å²) in [5.74, 6) is 0.586. The maximum Gasteiger partial charge on any atom is 0.263 e. The molecule has 0 fully saturated rings. The van der Waals surface area contributed by atoms with Gasteiger partial charge in [-0.05, 0) is 67.8 Å². The molecule has 1 heterocycles. The van der Waals surface area contributed by atoms with Crippen molar-refractivity contribution in [2.75, 3.05) is 9.44 Å². The van der Waals surface area contributed by atoms with Crippen molar-refractivity contribution >= 4 is 31.6 Å². The van der Waals surface area contributed by atoms with Crippen molar-refractivity contribution in [3.63, 3.8) is 0 Å². The van der Waals surface area contributed by atoms with Crippen molar-refractivity contribution in [2.24, 2.45) is 0 Å². The Hall–Kier alpha value is -2.98. The topological polar surface area (TPSA) is 118 Å². The summed E-state index contributed by atoms with van der Waals surface area (Å²) in [6.45, 7) is 3.75. The molecule has 0 aliphatic carbocycles. The maximum absolute atomic E-state index is 12.6. The minimum Gasteiger partial charge on any atom is -0.280 e. The van der Waals surface area contributed by atoms with E-state index in [4.69, 9.17) is 0 Å². The highest BCUT2D eigenvalue weighted by atomic mass is 32.2. The Bertz CT molecular complexity index is 1240. The van der Waals surface area contributed by atoms with E-state index < -0.39 is 20.0 Å². The van der Waals surface area contributed by atoms with Crippen molar-refractivity contribution < 1.29 is 16.8 Å². The molecular weight excluding hydrogens is 436 g/mol. The van der Waals surface area contributed by atoms with E-state index in [1.165, 1.54) is 36.5 Å². The van der Waals surface area contributed by atoms with E-state index >= 15 is 0 Å². The zero-order chi connectivity index (χ0) is 22.5. The number of unbranched alkanes of at least 4 members (excludes halogenated alkanes) is 1. The standard InChI is InChI=1S/C21H24N4O4S2/c1-3-4-5-17-6-10-19(11-7-17)30(26,27)24-18-8-12-20(13-9-18)31(28,29)25-21-14-15-22-16(2)23-21/h6-15,24H,3-5H2,1-2H3,(H,22,23,25). The van der Waals surface area contributed by atoms with Crippen molar-refractivity contribution in [1.29, 1.82) is 0 Å². The lowest BCUT2D eigenvalue weighted by Gasteiger charge is -2.11. The van der Waals surface area contributed by atoms with Crippen LogP contribution in [0, 0.1) is 6.92 Å². The molecule has 31 heavy (non-hydrogen) atoms. The molecule has 0 aliphatic rings. The number of rotatable bonds is 9. The lowest BCUT2D eigenvalue weighted by Crippen LogP contribution is -2.15. The number of nitrogens with one attached hydrogen (secondary N) is 2. The predicted molar refractivity (Wildman–Crippen MR) is 120 cm³/mol. The van der Waals surface area contributed by atoms with Crippen LogP contribution >= 0.6 is 0 Å². The molecule has 2 aromatic carbocycles. The molecule has 164 valence electrons. The van der Waals surface area contributed by atoms with Gasteiger partial charge in [-0.1, -0.05) is 25.5 Å². The first-order valence-corrected chi connectivity index (χ1v) is 12.7. The molecule has 1 aromatic heterocycles. The molecule has 0 amide bonds. The maximum atomic E-state index is 12.6. The van der Waals surface area contributed by atoms with Crippen LogP contribution in [0.5, 0.6) is 0 Å². The molecule has 0 aliphatic heterocycles. The highest BCUT2D eigenvalue weighted by molar-refractivity contribution is 7.93. The van der Waals surface area contributed by atoms with Crippen LogP contribution in [0.4, 0.5) is 11.5 Å². The van der Waals surface area contributed by atoms with Gasteiger partial charge in [0.05, 0.1) is 9.79 Å². The van der Waals surface area contributed by atoms with Gasteiger partial charge in [-0.15, -0.1) is 0 Å². The summed E-state index contributed by atoms with van der Waals surface area (Å²) >= 11 is 0. The minimum atomic E-state index is -3.87. The third-order valence-electron chi connectivity index (χ3n) is 4.48. The predicted octanol–water partition coefficient (Wildman–Crippen LogP) is 3.73. The molecule has 10 heteroatoms. The Labute approximate surface area is 182 Å². The van der Waals surface area contributed by atoms with Gasteiger partial charge in [0.1, 0.15) is 11.6 Å². The van der Waals surface area contributed by atoms with E-state index in [1.54, 1.807) is 31.2 Å². The highest BCUT2D eigenvalue weighted by Crippen LogP contribution is 2.20. The molecule has 0 spiro atoms. The molecule has 8 nitrogen and oxygen atoms in total. The Kier molecular flexibility index (Phi) is 6.91. The van der Waals surface area contributed by atoms with Crippen LogP contribution in [-0.4, -0.2) is 26.8 Å². The Morgan fingerprint density at radius 1 is 0.806 bits per heavy atom. The third-order valence-corrected chi connectivity index (χ3v) is 7.25. The van der Waals surface area contributed by atoms with Crippen LogP contribution in [0.2, 0.25) is 0 Å². The van der Waals surface area contributed by atoms with Crippen LogP contribution in [0.1, 0.15) is 31.2 Å². The Morgan fingerprint density at radius 2 is 1.39 bits per heavy atom. The molecule has 3 rings (SSSR count). The first kappa shape index (κ1) is 22.7. The van der Waals surface area contributed by atoms with Crippen molar-refractivity contribution in [2.45, 2.75) is 42.9 Å². The van der Waals surface area contributed by atoms with Gasteiger partial charge < -0.3 is 0 Å². The lowest BCUT2D eigenvalue weighted by molar-refractivity contribution is 0.600. The van der Waals surface area contributed by atoms with E-state index in [0.717, 1.165) is 24.8 Å². The smallest absolute Gasteiger partial charge is 0.263 e. The van der Waals surface area contributed by atoms with Gasteiger partial charge >= 0.3 is 0 Å². The Balaban J connectivity index is 1.72. The summed E-state index contributed by atoms with van der Waals surface area (Å²) in [6.07, 6.45) is 4.48. The van der Waals surface area contributed by atoms with E-state index in [-0.39, 0.29) is 21.3 Å². The van der Waals surface area contributed by atoms with Crippen LogP contribution in [0.25, 0.3) is 0 Å². The SMILES string of the molecule is CCCCc1ccc(S(=O)(=O)Nc2ccc(S(=O)(=O)Nc3ccnc(C)n3)cc2)cc1. The normalized spacial score (nSPS) is 11.8. The molecule has 0 saturated carbocycles. The number of aryl methyl sites for hydroxylation is 2. The molecular formula is C21H24N4O4S2. The number of benzene rings is 2. The van der Waals surface area contributed by atoms with Crippen LogP contribution in [-0.2, 0) is 26.5 Å². The number of nitrogens with zero attached hydrogens (tertiary/aromatic N) is 2. The van der Waals surface area contributed by atoms with Gasteiger partial charge in [0.2, 0.25) is 0 Å². The van der Waals surface area contributed by atoms with Crippen LogP contribution in [0.3, 0.4) is 0 Å². The van der Waals surface area contributed by atoms with Gasteiger partial charge in [0.15, 0.2) is 0 Å². The van der Waals surface area contributed by atoms with Crippen molar-refractivity contribution in [3.05, 3.63) is 72.2 Å². The molecule has 0 unspecified atom stereocenters. The average molecular weight is 461 g/mol. The average Bonchev–Trinajstić information content (AvgIpc) is 2.72.